The minimum absolute atomic E-state index is 0.787. The zero-order valence-electron chi connectivity index (χ0n) is 10.4. The van der Waals surface area contributed by atoms with Gasteiger partial charge in [-0.3, -0.25) is 0 Å². The molecule has 3 heteroatoms. The van der Waals surface area contributed by atoms with Gasteiger partial charge in [0.15, 0.2) is 0 Å². The normalized spacial score (nSPS) is 16.9. The van der Waals surface area contributed by atoms with Gasteiger partial charge in [-0.25, -0.2) is 4.98 Å². The van der Waals surface area contributed by atoms with E-state index in [4.69, 9.17) is 0 Å². The maximum absolute atomic E-state index is 4.37. The zero-order chi connectivity index (χ0) is 12.2. The van der Waals surface area contributed by atoms with Crippen LogP contribution in [0, 0.1) is 0 Å². The molecule has 1 heterocycles. The lowest BCUT2D eigenvalue weighted by molar-refractivity contribution is 0.516. The predicted molar refractivity (Wildman–Crippen MR) is 76.8 cm³/mol. The van der Waals surface area contributed by atoms with Crippen LogP contribution < -0.4 is 0 Å². The van der Waals surface area contributed by atoms with Gasteiger partial charge in [-0.1, -0.05) is 37.5 Å². The second kappa shape index (κ2) is 5.61. The number of hydrogen-bond acceptors (Lipinski definition) is 2. The van der Waals surface area contributed by atoms with Crippen molar-refractivity contribution in [3.05, 3.63) is 36.7 Å². The summed E-state index contributed by atoms with van der Waals surface area (Å²) in [5.41, 5.74) is 1.23. The van der Waals surface area contributed by atoms with E-state index in [1.165, 1.54) is 42.6 Å². The first-order chi connectivity index (χ1) is 8.93. The van der Waals surface area contributed by atoms with Gasteiger partial charge in [0.2, 0.25) is 0 Å². The van der Waals surface area contributed by atoms with Crippen LogP contribution in [0.4, 0.5) is 0 Å². The summed E-state index contributed by atoms with van der Waals surface area (Å²) < 4.78 is 0. The van der Waals surface area contributed by atoms with Gasteiger partial charge in [-0.15, -0.1) is 11.8 Å². The molecular weight excluding hydrogens is 240 g/mol. The van der Waals surface area contributed by atoms with Crippen LogP contribution in [0.3, 0.4) is 0 Å². The predicted octanol–water partition coefficient (Wildman–Crippen LogP) is 4.50. The van der Waals surface area contributed by atoms with Crippen molar-refractivity contribution >= 4 is 11.8 Å². The van der Waals surface area contributed by atoms with Gasteiger partial charge < -0.3 is 4.98 Å². The number of thioether (sulfide) groups is 1. The first-order valence-corrected chi connectivity index (χ1v) is 7.57. The summed E-state index contributed by atoms with van der Waals surface area (Å²) >= 11 is 2.03. The summed E-state index contributed by atoms with van der Waals surface area (Å²) in [7, 11) is 0. The fraction of sp³-hybridized carbons (Fsp3) is 0.400. The summed E-state index contributed by atoms with van der Waals surface area (Å²) in [4.78, 5) is 8.94. The number of aromatic nitrogens is 2. The third-order valence-corrected chi connectivity index (χ3v) is 4.90. The van der Waals surface area contributed by atoms with E-state index in [1.807, 2.05) is 24.2 Å². The molecule has 0 atom stereocenters. The Morgan fingerprint density at radius 3 is 2.72 bits per heavy atom. The maximum atomic E-state index is 4.37. The number of rotatable bonds is 3. The van der Waals surface area contributed by atoms with Gasteiger partial charge in [-0.2, -0.15) is 0 Å². The van der Waals surface area contributed by atoms with Crippen molar-refractivity contribution < 1.29 is 0 Å². The fourth-order valence-electron chi connectivity index (χ4n) is 2.54. The Morgan fingerprint density at radius 1 is 1.11 bits per heavy atom. The molecule has 1 N–H and O–H groups in total. The van der Waals surface area contributed by atoms with Gasteiger partial charge in [0, 0.05) is 28.1 Å². The van der Waals surface area contributed by atoms with Crippen LogP contribution in [0.15, 0.2) is 41.6 Å². The van der Waals surface area contributed by atoms with E-state index >= 15 is 0 Å². The number of hydrogen-bond donors (Lipinski definition) is 1. The monoisotopic (exact) mass is 258 g/mol. The van der Waals surface area contributed by atoms with Crippen LogP contribution in [-0.2, 0) is 0 Å². The molecule has 0 spiro atoms. The third kappa shape index (κ3) is 2.61. The highest BCUT2D eigenvalue weighted by Gasteiger charge is 2.16. The summed E-state index contributed by atoms with van der Waals surface area (Å²) in [5.74, 6) is 0.980. The van der Waals surface area contributed by atoms with E-state index < -0.39 is 0 Å². The number of aromatic amines is 1. The lowest BCUT2D eigenvalue weighted by Crippen LogP contribution is -2.07. The lowest BCUT2D eigenvalue weighted by atomic mass is 10.0. The van der Waals surface area contributed by atoms with E-state index in [2.05, 4.69) is 34.2 Å². The van der Waals surface area contributed by atoms with E-state index in [0.717, 1.165) is 11.1 Å². The van der Waals surface area contributed by atoms with Crippen molar-refractivity contribution in [1.82, 2.24) is 9.97 Å². The average molecular weight is 258 g/mol. The summed E-state index contributed by atoms with van der Waals surface area (Å²) in [6, 6.07) is 8.58. The minimum Gasteiger partial charge on any atom is -0.345 e. The Labute approximate surface area is 112 Å². The molecule has 0 bridgehead atoms. The SMILES string of the molecule is c1ccc(-c2ncc[nH]2)c(SC2CCCCC2)c1. The third-order valence-electron chi connectivity index (χ3n) is 3.49. The van der Waals surface area contributed by atoms with Crippen molar-refractivity contribution in [1.29, 1.82) is 0 Å². The Bertz CT molecular complexity index is 487. The second-order valence-electron chi connectivity index (χ2n) is 4.81. The van der Waals surface area contributed by atoms with Crippen LogP contribution in [-0.4, -0.2) is 15.2 Å². The van der Waals surface area contributed by atoms with Crippen molar-refractivity contribution in [3.63, 3.8) is 0 Å². The van der Waals surface area contributed by atoms with Gasteiger partial charge in [0.25, 0.3) is 0 Å². The molecule has 0 amide bonds. The smallest absolute Gasteiger partial charge is 0.138 e. The van der Waals surface area contributed by atoms with E-state index in [-0.39, 0.29) is 0 Å². The molecule has 0 unspecified atom stereocenters. The van der Waals surface area contributed by atoms with Crippen molar-refractivity contribution in [3.8, 4) is 11.4 Å². The molecule has 1 aromatic heterocycles. The summed E-state index contributed by atoms with van der Waals surface area (Å²) in [6.45, 7) is 0. The van der Waals surface area contributed by atoms with Crippen LogP contribution >= 0.6 is 11.8 Å². The number of imidazole rings is 1. The van der Waals surface area contributed by atoms with Gasteiger partial charge in [0.05, 0.1) is 0 Å². The first kappa shape index (κ1) is 11.8. The highest BCUT2D eigenvalue weighted by atomic mass is 32.2. The van der Waals surface area contributed by atoms with E-state index in [0.29, 0.717) is 0 Å². The van der Waals surface area contributed by atoms with E-state index in [1.54, 1.807) is 0 Å². The molecule has 2 aromatic rings. The lowest BCUT2D eigenvalue weighted by Gasteiger charge is -2.21. The average Bonchev–Trinajstić information content (AvgIpc) is 2.94. The molecule has 1 saturated carbocycles. The molecule has 1 aromatic carbocycles. The topological polar surface area (TPSA) is 28.7 Å². The second-order valence-corrected chi connectivity index (χ2v) is 6.15. The standard InChI is InChI=1S/C15H18N2S/c1-2-6-12(7-3-1)18-14-9-5-4-8-13(14)15-16-10-11-17-15/h4-5,8-12H,1-3,6-7H2,(H,16,17). The number of nitrogens with one attached hydrogen (secondary N) is 1. The Morgan fingerprint density at radius 2 is 1.94 bits per heavy atom. The molecule has 3 rings (SSSR count). The van der Waals surface area contributed by atoms with Crippen LogP contribution in [0.5, 0.6) is 0 Å². The number of nitrogens with zero attached hydrogens (tertiary/aromatic N) is 1. The molecule has 1 aliphatic rings. The Balaban J connectivity index is 1.83. The van der Waals surface area contributed by atoms with Gasteiger partial charge in [0.1, 0.15) is 5.82 Å². The summed E-state index contributed by atoms with van der Waals surface area (Å²) in [6.07, 6.45) is 10.6. The molecular formula is C15H18N2S. The Kier molecular flexibility index (Phi) is 3.69. The summed E-state index contributed by atoms with van der Waals surface area (Å²) in [5, 5.41) is 0.787. The number of H-pyrrole nitrogens is 1. The minimum atomic E-state index is 0.787. The molecule has 0 aliphatic heterocycles. The van der Waals surface area contributed by atoms with Gasteiger partial charge in [-0.05, 0) is 18.9 Å². The number of benzene rings is 1. The highest BCUT2D eigenvalue weighted by molar-refractivity contribution is 8.00. The van der Waals surface area contributed by atoms with Crippen LogP contribution in [0.1, 0.15) is 32.1 Å². The fourth-order valence-corrected chi connectivity index (χ4v) is 3.92. The zero-order valence-corrected chi connectivity index (χ0v) is 11.2. The molecule has 18 heavy (non-hydrogen) atoms. The highest BCUT2D eigenvalue weighted by Crippen LogP contribution is 2.37. The van der Waals surface area contributed by atoms with Crippen molar-refractivity contribution in [2.75, 3.05) is 0 Å². The van der Waals surface area contributed by atoms with Gasteiger partial charge >= 0.3 is 0 Å². The molecule has 1 aliphatic carbocycles. The molecule has 0 saturated heterocycles. The van der Waals surface area contributed by atoms with Crippen LogP contribution in [0.2, 0.25) is 0 Å². The van der Waals surface area contributed by atoms with E-state index in [9.17, 15) is 0 Å². The maximum Gasteiger partial charge on any atom is 0.138 e. The first-order valence-electron chi connectivity index (χ1n) is 6.69. The largest absolute Gasteiger partial charge is 0.345 e. The van der Waals surface area contributed by atoms with Crippen LogP contribution in [0.25, 0.3) is 11.4 Å². The molecule has 94 valence electrons. The molecule has 0 radical (unpaired) electrons. The van der Waals surface area contributed by atoms with Crippen molar-refractivity contribution in [2.24, 2.45) is 0 Å². The molecule has 2 nitrogen and oxygen atoms in total. The quantitative estimate of drug-likeness (QED) is 0.878. The Hall–Kier alpha value is -1.22. The molecule has 1 fully saturated rings. The van der Waals surface area contributed by atoms with Crippen molar-refractivity contribution in [2.45, 2.75) is 42.2 Å².